The van der Waals surface area contributed by atoms with Crippen LogP contribution in [0.25, 0.3) is 0 Å². The minimum absolute atomic E-state index is 0.0226. The molecule has 0 heterocycles. The molecule has 1 aliphatic rings. The van der Waals surface area contributed by atoms with Crippen molar-refractivity contribution in [3.05, 3.63) is 0 Å². The average molecular weight is 252 g/mol. The van der Waals surface area contributed by atoms with Gasteiger partial charge in [-0.25, -0.2) is 0 Å². The Morgan fingerprint density at radius 3 is 2.65 bits per heavy atom. The lowest BCUT2D eigenvalue weighted by Crippen LogP contribution is -2.42. The van der Waals surface area contributed by atoms with Gasteiger partial charge in [0.25, 0.3) is 0 Å². The van der Waals surface area contributed by atoms with Gasteiger partial charge < -0.3 is 10.6 Å². The van der Waals surface area contributed by atoms with E-state index < -0.39 is 12.1 Å². The largest absolute Gasteiger partial charge is 0.391 e. The molecule has 0 radical (unpaired) electrons. The third kappa shape index (κ3) is 4.93. The Labute approximate surface area is 99.1 Å². The van der Waals surface area contributed by atoms with Gasteiger partial charge in [-0.1, -0.05) is 6.42 Å². The summed E-state index contributed by atoms with van der Waals surface area (Å²) in [7, 11) is 1.73. The summed E-state index contributed by atoms with van der Waals surface area (Å²) in [6.07, 6.45) is -2.43. The summed E-state index contributed by atoms with van der Waals surface area (Å²) in [6.45, 7) is 0.543. The highest BCUT2D eigenvalue weighted by Crippen LogP contribution is 2.37. The minimum Gasteiger partial charge on any atom is -0.353 e. The van der Waals surface area contributed by atoms with Crippen LogP contribution < -0.4 is 10.6 Å². The second-order valence-corrected chi connectivity index (χ2v) is 4.52. The minimum atomic E-state index is -4.13. The fourth-order valence-electron chi connectivity index (χ4n) is 2.16. The molecule has 0 aromatic rings. The van der Waals surface area contributed by atoms with E-state index in [1.54, 1.807) is 7.05 Å². The van der Waals surface area contributed by atoms with Crippen LogP contribution in [0.15, 0.2) is 0 Å². The molecule has 17 heavy (non-hydrogen) atoms. The summed E-state index contributed by atoms with van der Waals surface area (Å²) in [5.74, 6) is -1.43. The van der Waals surface area contributed by atoms with Gasteiger partial charge in [-0.2, -0.15) is 13.2 Å². The number of nitrogens with one attached hydrogen (secondary N) is 2. The van der Waals surface area contributed by atoms with Gasteiger partial charge in [0.15, 0.2) is 0 Å². The van der Waals surface area contributed by atoms with Crippen LogP contribution in [-0.2, 0) is 4.79 Å². The zero-order chi connectivity index (χ0) is 12.9. The number of rotatable bonds is 4. The van der Waals surface area contributed by atoms with E-state index in [1.165, 1.54) is 0 Å². The molecule has 100 valence electrons. The van der Waals surface area contributed by atoms with Gasteiger partial charge >= 0.3 is 6.18 Å². The first-order valence-corrected chi connectivity index (χ1v) is 5.94. The van der Waals surface area contributed by atoms with E-state index in [0.717, 1.165) is 0 Å². The van der Waals surface area contributed by atoms with Crippen molar-refractivity contribution >= 4 is 5.91 Å². The molecule has 1 rings (SSSR count). The van der Waals surface area contributed by atoms with E-state index in [0.29, 0.717) is 25.8 Å². The van der Waals surface area contributed by atoms with Crippen LogP contribution in [0.3, 0.4) is 0 Å². The number of amides is 1. The van der Waals surface area contributed by atoms with Crippen LogP contribution in [0, 0.1) is 5.92 Å². The molecule has 1 aliphatic carbocycles. The molecule has 2 unspecified atom stereocenters. The lowest BCUT2D eigenvalue weighted by molar-refractivity contribution is -0.184. The van der Waals surface area contributed by atoms with Crippen molar-refractivity contribution < 1.29 is 18.0 Å². The van der Waals surface area contributed by atoms with Gasteiger partial charge in [0, 0.05) is 19.0 Å². The number of hydrogen-bond donors (Lipinski definition) is 2. The standard InChI is InChI=1S/C11H19F3N2O/c1-15-6-5-10(17)16-9-4-2-3-8(7-9)11(12,13)14/h8-9,15H,2-7H2,1H3,(H,16,17). The van der Waals surface area contributed by atoms with Gasteiger partial charge in [0.05, 0.1) is 5.92 Å². The highest BCUT2D eigenvalue weighted by molar-refractivity contribution is 5.76. The molecule has 2 N–H and O–H groups in total. The quantitative estimate of drug-likeness (QED) is 0.801. The van der Waals surface area contributed by atoms with Crippen LogP contribution in [0.4, 0.5) is 13.2 Å². The highest BCUT2D eigenvalue weighted by Gasteiger charge is 2.42. The van der Waals surface area contributed by atoms with Crippen LogP contribution in [-0.4, -0.2) is 31.7 Å². The topological polar surface area (TPSA) is 41.1 Å². The molecule has 0 aliphatic heterocycles. The maximum absolute atomic E-state index is 12.5. The Morgan fingerprint density at radius 2 is 2.06 bits per heavy atom. The van der Waals surface area contributed by atoms with Crippen LogP contribution >= 0.6 is 0 Å². The lowest BCUT2D eigenvalue weighted by atomic mass is 9.85. The van der Waals surface area contributed by atoms with Gasteiger partial charge in [0.2, 0.25) is 5.91 Å². The van der Waals surface area contributed by atoms with E-state index in [-0.39, 0.29) is 24.8 Å². The molecular weight excluding hydrogens is 233 g/mol. The van der Waals surface area contributed by atoms with Gasteiger partial charge in [0.1, 0.15) is 0 Å². The Hall–Kier alpha value is -0.780. The Kier molecular flexibility index (Phi) is 5.24. The number of halogens is 3. The Morgan fingerprint density at radius 1 is 1.35 bits per heavy atom. The third-order valence-corrected chi connectivity index (χ3v) is 3.10. The van der Waals surface area contributed by atoms with Crippen LogP contribution in [0.5, 0.6) is 0 Å². The molecule has 0 aromatic carbocycles. The first-order valence-electron chi connectivity index (χ1n) is 5.94. The van der Waals surface area contributed by atoms with Crippen molar-refractivity contribution in [3.8, 4) is 0 Å². The van der Waals surface area contributed by atoms with E-state index in [4.69, 9.17) is 0 Å². The normalized spacial score (nSPS) is 25.6. The van der Waals surface area contributed by atoms with Gasteiger partial charge in [-0.3, -0.25) is 4.79 Å². The van der Waals surface area contributed by atoms with Gasteiger partial charge in [-0.05, 0) is 26.3 Å². The lowest BCUT2D eigenvalue weighted by Gasteiger charge is -2.31. The number of hydrogen-bond acceptors (Lipinski definition) is 2. The van der Waals surface area contributed by atoms with Crippen LogP contribution in [0.2, 0.25) is 0 Å². The first-order chi connectivity index (χ1) is 7.93. The van der Waals surface area contributed by atoms with Crippen molar-refractivity contribution in [2.24, 2.45) is 5.92 Å². The third-order valence-electron chi connectivity index (χ3n) is 3.10. The van der Waals surface area contributed by atoms with Crippen molar-refractivity contribution in [3.63, 3.8) is 0 Å². The van der Waals surface area contributed by atoms with Crippen molar-refractivity contribution in [2.75, 3.05) is 13.6 Å². The number of alkyl halides is 3. The Balaban J connectivity index is 2.37. The highest BCUT2D eigenvalue weighted by atomic mass is 19.4. The summed E-state index contributed by atoms with van der Waals surface area (Å²) < 4.78 is 37.6. The van der Waals surface area contributed by atoms with E-state index in [1.807, 2.05) is 0 Å². The predicted octanol–water partition coefficient (Wildman–Crippen LogP) is 1.83. The monoisotopic (exact) mass is 252 g/mol. The fourth-order valence-corrected chi connectivity index (χ4v) is 2.16. The summed E-state index contributed by atoms with van der Waals surface area (Å²) in [5.41, 5.74) is 0. The smallest absolute Gasteiger partial charge is 0.353 e. The SMILES string of the molecule is CNCCC(=O)NC1CCCC(C(F)(F)F)C1. The molecule has 0 saturated heterocycles. The molecule has 1 amide bonds. The van der Waals surface area contributed by atoms with E-state index in [2.05, 4.69) is 10.6 Å². The molecule has 2 atom stereocenters. The first kappa shape index (κ1) is 14.3. The van der Waals surface area contributed by atoms with Crippen molar-refractivity contribution in [1.82, 2.24) is 10.6 Å². The predicted molar refractivity (Wildman–Crippen MR) is 58.5 cm³/mol. The van der Waals surface area contributed by atoms with Crippen LogP contribution in [0.1, 0.15) is 32.1 Å². The molecule has 1 saturated carbocycles. The average Bonchev–Trinajstić information content (AvgIpc) is 2.25. The molecule has 0 spiro atoms. The molecule has 0 aromatic heterocycles. The molecule has 1 fully saturated rings. The second kappa shape index (κ2) is 6.23. The summed E-state index contributed by atoms with van der Waals surface area (Å²) in [5, 5.41) is 5.50. The zero-order valence-electron chi connectivity index (χ0n) is 9.94. The zero-order valence-corrected chi connectivity index (χ0v) is 9.94. The van der Waals surface area contributed by atoms with E-state index >= 15 is 0 Å². The number of carbonyl (C=O) groups is 1. The maximum atomic E-state index is 12.5. The second-order valence-electron chi connectivity index (χ2n) is 4.52. The number of carbonyl (C=O) groups excluding carboxylic acids is 1. The fraction of sp³-hybridized carbons (Fsp3) is 0.909. The van der Waals surface area contributed by atoms with Crippen molar-refractivity contribution in [1.29, 1.82) is 0 Å². The molecular formula is C11H19F3N2O. The molecule has 6 heteroatoms. The van der Waals surface area contributed by atoms with Gasteiger partial charge in [-0.15, -0.1) is 0 Å². The van der Waals surface area contributed by atoms with Crippen molar-refractivity contribution in [2.45, 2.75) is 44.3 Å². The molecule has 0 bridgehead atoms. The summed E-state index contributed by atoms with van der Waals surface area (Å²) in [6, 6.07) is -0.320. The summed E-state index contributed by atoms with van der Waals surface area (Å²) >= 11 is 0. The Bertz CT molecular complexity index is 256. The molecule has 3 nitrogen and oxygen atoms in total. The summed E-state index contributed by atoms with van der Waals surface area (Å²) in [4.78, 5) is 11.4. The maximum Gasteiger partial charge on any atom is 0.391 e. The van der Waals surface area contributed by atoms with E-state index in [9.17, 15) is 18.0 Å².